The predicted molar refractivity (Wildman–Crippen MR) is 149 cm³/mol. The van der Waals surface area contributed by atoms with Crippen LogP contribution in [0.15, 0.2) is 143 Å². The molecule has 0 amide bonds. The van der Waals surface area contributed by atoms with E-state index in [1.54, 1.807) is 17.1 Å². The van der Waals surface area contributed by atoms with Crippen LogP contribution in [0, 0.1) is 0 Å². The van der Waals surface area contributed by atoms with E-state index in [-0.39, 0.29) is 16.9 Å². The monoisotopic (exact) mass is 513 g/mol. The number of amidine groups is 1. The molecule has 2 heterocycles. The third-order valence-electron chi connectivity index (χ3n) is 6.39. The van der Waals surface area contributed by atoms with Gasteiger partial charge in [0.1, 0.15) is 11.1 Å². The van der Waals surface area contributed by atoms with Crippen LogP contribution >= 0.6 is 0 Å². The van der Waals surface area contributed by atoms with Crippen LogP contribution in [0.4, 0.5) is 11.4 Å². The number of carbonyl (C=O) groups is 2. The Kier molecular flexibility index (Phi) is 6.23. The van der Waals surface area contributed by atoms with E-state index in [4.69, 9.17) is 14.6 Å². The second-order valence-corrected chi connectivity index (χ2v) is 8.76. The number of hydrogen-bond acceptors (Lipinski definition) is 7. The molecule has 39 heavy (non-hydrogen) atoms. The van der Waals surface area contributed by atoms with E-state index in [0.717, 1.165) is 11.3 Å². The van der Waals surface area contributed by atoms with Gasteiger partial charge in [0.2, 0.25) is 0 Å². The topological polar surface area (TPSA) is 71.4 Å². The van der Waals surface area contributed by atoms with Crippen molar-refractivity contribution >= 4 is 34.9 Å². The summed E-state index contributed by atoms with van der Waals surface area (Å²) in [5.41, 5.74) is 2.97. The van der Waals surface area contributed by atoms with Gasteiger partial charge in [-0.2, -0.15) is 0 Å². The fraction of sp³-hybridized carbons (Fsp3) is 0.0312. The second kappa shape index (κ2) is 10.1. The molecular weight excluding hydrogens is 490 g/mol. The van der Waals surface area contributed by atoms with E-state index in [2.05, 4.69) is 0 Å². The average molecular weight is 514 g/mol. The van der Waals surface area contributed by atoms with Gasteiger partial charge in [-0.25, -0.2) is 14.6 Å². The molecule has 0 saturated carbocycles. The van der Waals surface area contributed by atoms with Gasteiger partial charge in [-0.3, -0.25) is 4.90 Å². The lowest BCUT2D eigenvalue weighted by Crippen LogP contribution is -2.32. The van der Waals surface area contributed by atoms with Crippen LogP contribution in [0.3, 0.4) is 0 Å². The lowest BCUT2D eigenvalue weighted by molar-refractivity contribution is -0.136. The fourth-order valence-electron chi connectivity index (χ4n) is 4.65. The van der Waals surface area contributed by atoms with Crippen LogP contribution in [-0.2, 0) is 19.1 Å². The summed E-state index contributed by atoms with van der Waals surface area (Å²) in [4.78, 5) is 28.9. The number of benzene rings is 4. The summed E-state index contributed by atoms with van der Waals surface area (Å²) in [7, 11) is 1.29. The fourth-order valence-corrected chi connectivity index (χ4v) is 4.65. The van der Waals surface area contributed by atoms with Gasteiger partial charge < -0.3 is 9.47 Å². The quantitative estimate of drug-likeness (QED) is 0.251. The minimum Gasteiger partial charge on any atom is -0.465 e. The molecule has 4 aromatic carbocycles. The van der Waals surface area contributed by atoms with Gasteiger partial charge in [0.05, 0.1) is 12.8 Å². The molecule has 0 bridgehead atoms. The number of hydrazone groups is 1. The minimum absolute atomic E-state index is 0.0371. The molecular formula is C32H23N3O4. The number of rotatable bonds is 5. The Labute approximate surface area is 225 Å². The Balaban J connectivity index is 1.69. The molecule has 7 heteroatoms. The van der Waals surface area contributed by atoms with E-state index in [9.17, 15) is 9.59 Å². The Morgan fingerprint density at radius 3 is 1.79 bits per heavy atom. The van der Waals surface area contributed by atoms with Gasteiger partial charge in [-0.05, 0) is 24.3 Å². The first kappa shape index (κ1) is 23.9. The van der Waals surface area contributed by atoms with Gasteiger partial charge in [0, 0.05) is 16.8 Å². The summed E-state index contributed by atoms with van der Waals surface area (Å²) in [5.74, 6) is -0.267. The van der Waals surface area contributed by atoms with Crippen molar-refractivity contribution in [1.82, 2.24) is 0 Å². The number of hydrogen-bond donors (Lipinski definition) is 0. The number of carbonyl (C=O) groups excluding carboxylic acids is 2. The van der Waals surface area contributed by atoms with Crippen molar-refractivity contribution in [2.75, 3.05) is 17.0 Å². The van der Waals surface area contributed by atoms with Gasteiger partial charge in [0.25, 0.3) is 0 Å². The van der Waals surface area contributed by atoms with E-state index < -0.39 is 11.9 Å². The highest BCUT2D eigenvalue weighted by molar-refractivity contribution is 6.21. The van der Waals surface area contributed by atoms with Gasteiger partial charge in [-0.1, -0.05) is 97.1 Å². The molecule has 2 aliphatic heterocycles. The van der Waals surface area contributed by atoms with Crippen molar-refractivity contribution in [3.8, 4) is 0 Å². The number of ether oxygens (including phenoxy) is 2. The summed E-state index contributed by atoms with van der Waals surface area (Å²) in [6.07, 6.45) is 0. The number of esters is 2. The van der Waals surface area contributed by atoms with Crippen molar-refractivity contribution in [2.45, 2.75) is 0 Å². The molecule has 0 N–H and O–H groups in total. The zero-order chi connectivity index (χ0) is 26.8. The van der Waals surface area contributed by atoms with Gasteiger partial charge in [0.15, 0.2) is 17.4 Å². The smallest absolute Gasteiger partial charge is 0.348 e. The van der Waals surface area contributed by atoms with Crippen LogP contribution in [0.25, 0.3) is 5.76 Å². The Hall–Kier alpha value is -5.43. The Morgan fingerprint density at radius 1 is 0.718 bits per heavy atom. The van der Waals surface area contributed by atoms with Crippen LogP contribution in [-0.4, -0.2) is 24.9 Å². The SMILES string of the molecule is COC(=O)C1=C(c2ccccc2)OC(=O)/C1=C1/N(c2ccccc2)N=C(c2ccccc2)N1c1ccccc1. The lowest BCUT2D eigenvalue weighted by atomic mass is 10.0. The molecule has 0 unspecified atom stereocenters. The highest BCUT2D eigenvalue weighted by Gasteiger charge is 2.45. The molecule has 0 radical (unpaired) electrons. The first-order valence-electron chi connectivity index (χ1n) is 12.4. The highest BCUT2D eigenvalue weighted by Crippen LogP contribution is 2.42. The van der Waals surface area contributed by atoms with Crippen molar-refractivity contribution in [2.24, 2.45) is 5.10 Å². The Morgan fingerprint density at radius 2 is 1.23 bits per heavy atom. The number of anilines is 2. The summed E-state index contributed by atoms with van der Waals surface area (Å²) in [6.45, 7) is 0. The first-order valence-corrected chi connectivity index (χ1v) is 12.4. The van der Waals surface area contributed by atoms with Crippen molar-refractivity contribution in [3.63, 3.8) is 0 Å². The minimum atomic E-state index is -0.684. The maximum atomic E-state index is 13.7. The highest BCUT2D eigenvalue weighted by atomic mass is 16.6. The average Bonchev–Trinajstić information content (AvgIpc) is 3.56. The van der Waals surface area contributed by atoms with E-state index in [0.29, 0.717) is 22.9 Å². The molecule has 0 spiro atoms. The molecule has 0 atom stereocenters. The maximum absolute atomic E-state index is 13.7. The van der Waals surface area contributed by atoms with Gasteiger partial charge in [-0.15, -0.1) is 5.10 Å². The molecule has 2 aliphatic rings. The zero-order valence-electron chi connectivity index (χ0n) is 21.0. The summed E-state index contributed by atoms with van der Waals surface area (Å²) >= 11 is 0. The summed E-state index contributed by atoms with van der Waals surface area (Å²) in [5, 5.41) is 6.67. The lowest BCUT2D eigenvalue weighted by Gasteiger charge is -2.26. The molecule has 7 nitrogen and oxygen atoms in total. The zero-order valence-corrected chi connectivity index (χ0v) is 21.0. The van der Waals surface area contributed by atoms with E-state index >= 15 is 0 Å². The summed E-state index contributed by atoms with van der Waals surface area (Å²) < 4.78 is 11.0. The molecule has 0 aromatic heterocycles. The van der Waals surface area contributed by atoms with Crippen LogP contribution in [0.5, 0.6) is 0 Å². The number of para-hydroxylation sites is 2. The third kappa shape index (κ3) is 4.26. The summed E-state index contributed by atoms with van der Waals surface area (Å²) in [6, 6.07) is 37.8. The largest absolute Gasteiger partial charge is 0.465 e. The van der Waals surface area contributed by atoms with Crippen molar-refractivity contribution in [1.29, 1.82) is 0 Å². The molecule has 0 aliphatic carbocycles. The normalized spacial score (nSPS) is 16.8. The standard InChI is InChI=1S/C32H23N3O4/c1-38-31(36)26-27(32(37)39-28(26)22-14-6-2-7-15-22)30-34(24-18-10-4-11-19-24)29(23-16-8-3-9-17-23)33-35(30)25-20-12-5-13-21-25/h2-21H,1H3/b30-27+. The number of methoxy groups -OCH3 is 1. The number of cyclic esters (lactones) is 1. The van der Waals surface area contributed by atoms with E-state index in [1.165, 1.54) is 7.11 Å². The van der Waals surface area contributed by atoms with Gasteiger partial charge >= 0.3 is 11.9 Å². The molecule has 6 rings (SSSR count). The predicted octanol–water partition coefficient (Wildman–Crippen LogP) is 5.73. The number of nitrogens with zero attached hydrogens (tertiary/aromatic N) is 3. The molecule has 0 fully saturated rings. The Bertz CT molecular complexity index is 1630. The maximum Gasteiger partial charge on any atom is 0.348 e. The molecule has 0 saturated heterocycles. The van der Waals surface area contributed by atoms with Crippen molar-refractivity contribution < 1.29 is 19.1 Å². The van der Waals surface area contributed by atoms with Crippen LogP contribution in [0.2, 0.25) is 0 Å². The second-order valence-electron chi connectivity index (χ2n) is 8.76. The first-order chi connectivity index (χ1) is 19.2. The van der Waals surface area contributed by atoms with E-state index in [1.807, 2.05) is 114 Å². The molecule has 4 aromatic rings. The van der Waals surface area contributed by atoms with Crippen molar-refractivity contribution in [3.05, 3.63) is 149 Å². The third-order valence-corrected chi connectivity index (χ3v) is 6.39. The van der Waals surface area contributed by atoms with Crippen LogP contribution < -0.4 is 9.91 Å². The van der Waals surface area contributed by atoms with Crippen LogP contribution in [0.1, 0.15) is 11.1 Å². The molecule has 190 valence electrons.